The Labute approximate surface area is 207 Å². The van der Waals surface area contributed by atoms with E-state index in [9.17, 15) is 4.79 Å². The van der Waals surface area contributed by atoms with Crippen LogP contribution in [0, 0.1) is 0 Å². The molecule has 0 aliphatic carbocycles. The van der Waals surface area contributed by atoms with Crippen LogP contribution in [0.5, 0.6) is 0 Å². The van der Waals surface area contributed by atoms with Gasteiger partial charge in [-0.2, -0.15) is 0 Å². The molecule has 32 heavy (non-hydrogen) atoms. The van der Waals surface area contributed by atoms with E-state index in [4.69, 9.17) is 0 Å². The number of benzene rings is 2. The smallest absolute Gasteiger partial charge is 0.239 e. The molecule has 172 valence electrons. The van der Waals surface area contributed by atoms with Gasteiger partial charge in [-0.15, -0.1) is 24.0 Å². The van der Waals surface area contributed by atoms with E-state index < -0.39 is 0 Å². The fourth-order valence-corrected chi connectivity index (χ4v) is 3.22. The number of nitrogens with one attached hydrogen (secondary N) is 3. The number of halogens is 1. The largest absolute Gasteiger partial charge is 0.357 e. The fraction of sp³-hybridized carbons (Fsp3) is 0.375. The average Bonchev–Trinajstić information content (AvgIpc) is 3.13. The molecule has 3 aromatic rings. The molecule has 0 saturated carbocycles. The van der Waals surface area contributed by atoms with Gasteiger partial charge in [0, 0.05) is 18.6 Å². The van der Waals surface area contributed by atoms with Crippen LogP contribution < -0.4 is 16.0 Å². The Bertz CT molecular complexity index is 1040. The minimum absolute atomic E-state index is 0. The van der Waals surface area contributed by atoms with Crippen LogP contribution >= 0.6 is 24.0 Å². The highest BCUT2D eigenvalue weighted by Crippen LogP contribution is 2.14. The topological polar surface area (TPSA) is 83.3 Å². The summed E-state index contributed by atoms with van der Waals surface area (Å²) in [6.07, 6.45) is 1.88. The summed E-state index contributed by atoms with van der Waals surface area (Å²) in [4.78, 5) is 21.1. The maximum absolute atomic E-state index is 12.0. The van der Waals surface area contributed by atoms with Gasteiger partial charge < -0.3 is 20.5 Å². The highest BCUT2D eigenvalue weighted by atomic mass is 127. The molecule has 0 spiro atoms. The van der Waals surface area contributed by atoms with Crippen molar-refractivity contribution < 1.29 is 4.79 Å². The molecule has 2 aromatic carbocycles. The Balaban J connectivity index is 0.00000363. The molecule has 3 rings (SSSR count). The van der Waals surface area contributed by atoms with Gasteiger partial charge >= 0.3 is 0 Å². The molecule has 0 unspecified atom stereocenters. The van der Waals surface area contributed by atoms with E-state index in [0.717, 1.165) is 29.7 Å². The molecular formula is C24H33IN6O. The molecule has 0 radical (unpaired) electrons. The van der Waals surface area contributed by atoms with Gasteiger partial charge in [0.1, 0.15) is 0 Å². The van der Waals surface area contributed by atoms with Crippen molar-refractivity contribution in [3.05, 3.63) is 66.0 Å². The number of aliphatic imine (C=N–C) groups is 1. The van der Waals surface area contributed by atoms with Crippen LogP contribution in [0.1, 0.15) is 38.8 Å². The molecule has 0 aliphatic heterocycles. The number of hydrogen-bond acceptors (Lipinski definition) is 3. The standard InChI is InChI=1S/C24H32N6O.HI/c1-5-25-23(27-15-22(31)29-24(2,3)4)26-14-18-10-12-19(13-11-18)16-30-17-28-20-8-6-7-9-21(20)30;/h6-13,17H,5,14-16H2,1-4H3,(H,29,31)(H2,25,26,27);1H. The molecule has 0 aliphatic rings. The van der Waals surface area contributed by atoms with E-state index in [0.29, 0.717) is 12.5 Å². The molecule has 1 amide bonds. The summed E-state index contributed by atoms with van der Waals surface area (Å²) < 4.78 is 2.15. The van der Waals surface area contributed by atoms with Crippen LogP contribution in [0.3, 0.4) is 0 Å². The first-order valence-electron chi connectivity index (χ1n) is 10.6. The van der Waals surface area contributed by atoms with Gasteiger partial charge in [0.05, 0.1) is 30.5 Å². The number of imidazole rings is 1. The van der Waals surface area contributed by atoms with Crippen molar-refractivity contribution in [3.8, 4) is 0 Å². The molecule has 8 heteroatoms. The van der Waals surface area contributed by atoms with Crippen molar-refractivity contribution >= 4 is 46.9 Å². The van der Waals surface area contributed by atoms with Crippen LogP contribution in [-0.4, -0.2) is 40.0 Å². The molecule has 0 fully saturated rings. The Hall–Kier alpha value is -2.62. The van der Waals surface area contributed by atoms with Crippen molar-refractivity contribution in [1.82, 2.24) is 25.5 Å². The number of rotatable bonds is 7. The van der Waals surface area contributed by atoms with Crippen molar-refractivity contribution in [2.75, 3.05) is 13.1 Å². The summed E-state index contributed by atoms with van der Waals surface area (Å²) in [5.41, 5.74) is 4.20. The van der Waals surface area contributed by atoms with Crippen molar-refractivity contribution in [2.24, 2.45) is 4.99 Å². The monoisotopic (exact) mass is 548 g/mol. The number of hydrogen-bond donors (Lipinski definition) is 3. The number of carbonyl (C=O) groups is 1. The average molecular weight is 548 g/mol. The lowest BCUT2D eigenvalue weighted by atomic mass is 10.1. The van der Waals surface area contributed by atoms with E-state index in [2.05, 4.69) is 60.8 Å². The Morgan fingerprint density at radius 2 is 1.72 bits per heavy atom. The first-order valence-corrected chi connectivity index (χ1v) is 10.6. The van der Waals surface area contributed by atoms with Crippen LogP contribution in [0.25, 0.3) is 11.0 Å². The number of aromatic nitrogens is 2. The van der Waals surface area contributed by atoms with Crippen molar-refractivity contribution in [1.29, 1.82) is 0 Å². The van der Waals surface area contributed by atoms with Crippen LogP contribution in [0.2, 0.25) is 0 Å². The van der Waals surface area contributed by atoms with Gasteiger partial charge in [-0.3, -0.25) is 4.79 Å². The van der Waals surface area contributed by atoms with Gasteiger partial charge in [0.15, 0.2) is 5.96 Å². The third kappa shape index (κ3) is 7.81. The van der Waals surface area contributed by atoms with Crippen molar-refractivity contribution in [3.63, 3.8) is 0 Å². The molecule has 7 nitrogen and oxygen atoms in total. The summed E-state index contributed by atoms with van der Waals surface area (Å²) in [5, 5.41) is 9.20. The summed E-state index contributed by atoms with van der Waals surface area (Å²) in [6, 6.07) is 16.6. The van der Waals surface area contributed by atoms with Gasteiger partial charge in [-0.25, -0.2) is 9.98 Å². The number of carbonyl (C=O) groups excluding carboxylic acids is 1. The Morgan fingerprint density at radius 3 is 2.41 bits per heavy atom. The van der Waals surface area contributed by atoms with Gasteiger partial charge in [0.2, 0.25) is 5.91 Å². The lowest BCUT2D eigenvalue weighted by molar-refractivity contribution is -0.121. The van der Waals surface area contributed by atoms with E-state index in [1.54, 1.807) is 0 Å². The zero-order valence-electron chi connectivity index (χ0n) is 19.2. The number of amides is 1. The number of fused-ring (bicyclic) bond motifs is 1. The van der Waals surface area contributed by atoms with Crippen LogP contribution in [0.4, 0.5) is 0 Å². The zero-order chi connectivity index (χ0) is 22.3. The van der Waals surface area contributed by atoms with E-state index in [1.165, 1.54) is 5.56 Å². The van der Waals surface area contributed by atoms with Gasteiger partial charge in [-0.1, -0.05) is 36.4 Å². The summed E-state index contributed by atoms with van der Waals surface area (Å²) >= 11 is 0. The van der Waals surface area contributed by atoms with Gasteiger partial charge in [0.25, 0.3) is 0 Å². The first-order chi connectivity index (χ1) is 14.8. The summed E-state index contributed by atoms with van der Waals surface area (Å²) in [6.45, 7) is 10.1. The Morgan fingerprint density at radius 1 is 1.03 bits per heavy atom. The number of para-hydroxylation sites is 2. The molecule has 1 heterocycles. The molecule has 0 atom stereocenters. The normalized spacial score (nSPS) is 11.7. The quantitative estimate of drug-likeness (QED) is 0.239. The lowest BCUT2D eigenvalue weighted by Gasteiger charge is -2.21. The third-order valence-corrected chi connectivity index (χ3v) is 4.60. The van der Waals surface area contributed by atoms with E-state index in [-0.39, 0.29) is 42.0 Å². The van der Waals surface area contributed by atoms with E-state index in [1.807, 2.05) is 52.2 Å². The second-order valence-corrected chi connectivity index (χ2v) is 8.52. The predicted molar refractivity (Wildman–Crippen MR) is 141 cm³/mol. The van der Waals surface area contributed by atoms with Crippen LogP contribution in [-0.2, 0) is 17.9 Å². The second kappa shape index (κ2) is 11.8. The number of guanidine groups is 1. The Kier molecular flexibility index (Phi) is 9.49. The summed E-state index contributed by atoms with van der Waals surface area (Å²) in [7, 11) is 0. The third-order valence-electron chi connectivity index (χ3n) is 4.60. The van der Waals surface area contributed by atoms with Gasteiger partial charge in [-0.05, 0) is 51.0 Å². The molecule has 0 bridgehead atoms. The zero-order valence-corrected chi connectivity index (χ0v) is 21.5. The minimum atomic E-state index is -0.251. The second-order valence-electron chi connectivity index (χ2n) is 8.52. The van der Waals surface area contributed by atoms with Crippen molar-refractivity contribution in [2.45, 2.75) is 46.3 Å². The predicted octanol–water partition coefficient (Wildman–Crippen LogP) is 3.67. The fourth-order valence-electron chi connectivity index (χ4n) is 3.22. The highest BCUT2D eigenvalue weighted by Gasteiger charge is 2.13. The minimum Gasteiger partial charge on any atom is -0.357 e. The molecular weight excluding hydrogens is 515 g/mol. The molecule has 0 saturated heterocycles. The maximum atomic E-state index is 12.0. The van der Waals surface area contributed by atoms with Crippen LogP contribution in [0.15, 0.2) is 59.9 Å². The molecule has 3 N–H and O–H groups in total. The first kappa shape index (κ1) is 25.6. The maximum Gasteiger partial charge on any atom is 0.239 e. The highest BCUT2D eigenvalue weighted by molar-refractivity contribution is 14.0. The lowest BCUT2D eigenvalue weighted by Crippen LogP contribution is -2.48. The SMILES string of the molecule is CCNC(=NCc1ccc(Cn2cnc3ccccc32)cc1)NCC(=O)NC(C)(C)C.I. The van der Waals surface area contributed by atoms with E-state index >= 15 is 0 Å². The summed E-state index contributed by atoms with van der Waals surface area (Å²) in [5.74, 6) is 0.565. The molecule has 1 aromatic heterocycles. The number of nitrogens with zero attached hydrogens (tertiary/aromatic N) is 3.